The van der Waals surface area contributed by atoms with E-state index >= 15 is 0 Å². The van der Waals surface area contributed by atoms with Crippen LogP contribution < -0.4 is 9.64 Å². The molecule has 1 atom stereocenters. The number of ketones is 1. The number of aliphatic hydroxyl groups excluding tert-OH is 1. The van der Waals surface area contributed by atoms with E-state index in [1.807, 2.05) is 6.07 Å². The molecule has 1 N–H and O–H groups in total. The van der Waals surface area contributed by atoms with Crippen molar-refractivity contribution in [3.8, 4) is 5.75 Å². The van der Waals surface area contributed by atoms with Crippen LogP contribution in [-0.4, -0.2) is 23.9 Å². The van der Waals surface area contributed by atoms with Crippen molar-refractivity contribution in [2.24, 2.45) is 0 Å². The van der Waals surface area contributed by atoms with E-state index in [9.17, 15) is 14.7 Å². The third kappa shape index (κ3) is 3.06. The summed E-state index contributed by atoms with van der Waals surface area (Å²) in [5.74, 6) is -1.32. The lowest BCUT2D eigenvalue weighted by molar-refractivity contribution is -0.117. The number of benzene rings is 2. The number of furan rings is 2. The molecule has 1 amide bonds. The molecule has 5 rings (SSSR count). The predicted molar refractivity (Wildman–Crippen MR) is 117 cm³/mol. The van der Waals surface area contributed by atoms with Crippen molar-refractivity contribution in [3.05, 3.63) is 94.8 Å². The fourth-order valence-corrected chi connectivity index (χ4v) is 4.10. The molecule has 4 aromatic rings. The van der Waals surface area contributed by atoms with E-state index in [-0.39, 0.29) is 16.4 Å². The molecule has 160 valence electrons. The summed E-state index contributed by atoms with van der Waals surface area (Å²) in [6.07, 6.45) is 1.43. The first kappa shape index (κ1) is 20.0. The Kier molecular flexibility index (Phi) is 4.75. The second-order valence-corrected chi connectivity index (χ2v) is 7.56. The highest BCUT2D eigenvalue weighted by Crippen LogP contribution is 2.43. The van der Waals surface area contributed by atoms with E-state index in [4.69, 9.17) is 25.2 Å². The molecule has 3 heterocycles. The van der Waals surface area contributed by atoms with Crippen LogP contribution in [0.25, 0.3) is 11.0 Å². The zero-order valence-electron chi connectivity index (χ0n) is 16.7. The Hall–Kier alpha value is -3.97. The number of hydrogen-bond acceptors (Lipinski definition) is 6. The van der Waals surface area contributed by atoms with Gasteiger partial charge in [0.05, 0.1) is 24.0 Å². The summed E-state index contributed by atoms with van der Waals surface area (Å²) >= 11 is 6.26. The minimum atomic E-state index is -1.01. The Bertz CT molecular complexity index is 1350. The molecule has 8 heteroatoms. The van der Waals surface area contributed by atoms with Crippen LogP contribution in [0.3, 0.4) is 0 Å². The molecule has 0 aliphatic carbocycles. The highest BCUT2D eigenvalue weighted by atomic mass is 35.5. The van der Waals surface area contributed by atoms with E-state index in [2.05, 4.69) is 0 Å². The molecule has 0 radical (unpaired) electrons. The van der Waals surface area contributed by atoms with Crippen molar-refractivity contribution < 1.29 is 28.3 Å². The molecule has 0 saturated carbocycles. The number of fused-ring (bicyclic) bond motifs is 1. The maximum atomic E-state index is 13.4. The molecule has 0 saturated heterocycles. The maximum absolute atomic E-state index is 13.4. The van der Waals surface area contributed by atoms with Gasteiger partial charge in [0.1, 0.15) is 23.1 Å². The number of amides is 1. The van der Waals surface area contributed by atoms with Crippen LogP contribution in [0.2, 0.25) is 5.02 Å². The number of hydrogen-bond donors (Lipinski definition) is 1. The number of carbonyl (C=O) groups is 2. The SMILES string of the molecule is COc1ccc(N2C(=O)C(O)=C(C(=O)c3cc4ccccc4o3)C2c2ccco2)cc1Cl. The highest BCUT2D eigenvalue weighted by Gasteiger charge is 2.46. The Morgan fingerprint density at radius 2 is 1.94 bits per heavy atom. The van der Waals surface area contributed by atoms with Gasteiger partial charge in [0.25, 0.3) is 5.91 Å². The van der Waals surface area contributed by atoms with Crippen LogP contribution in [0.5, 0.6) is 5.75 Å². The van der Waals surface area contributed by atoms with E-state index in [0.29, 0.717) is 22.8 Å². The van der Waals surface area contributed by atoms with Crippen molar-refractivity contribution >= 4 is 39.9 Å². The number of methoxy groups -OCH3 is 1. The van der Waals surface area contributed by atoms with Gasteiger partial charge in [-0.2, -0.15) is 0 Å². The Morgan fingerprint density at radius 3 is 2.62 bits per heavy atom. The summed E-state index contributed by atoms with van der Waals surface area (Å²) in [6, 6.07) is 15.7. The van der Waals surface area contributed by atoms with Gasteiger partial charge in [-0.15, -0.1) is 0 Å². The van der Waals surface area contributed by atoms with E-state index in [1.165, 1.54) is 24.3 Å². The van der Waals surface area contributed by atoms with Gasteiger partial charge in [0.2, 0.25) is 5.78 Å². The fourth-order valence-electron chi connectivity index (χ4n) is 3.85. The molecule has 0 bridgehead atoms. The zero-order chi connectivity index (χ0) is 22.4. The predicted octanol–water partition coefficient (Wildman–Crippen LogP) is 5.47. The van der Waals surface area contributed by atoms with Gasteiger partial charge in [-0.05, 0) is 42.5 Å². The molecule has 1 unspecified atom stereocenters. The van der Waals surface area contributed by atoms with Gasteiger partial charge < -0.3 is 18.7 Å². The van der Waals surface area contributed by atoms with Gasteiger partial charge in [-0.3, -0.25) is 14.5 Å². The quantitative estimate of drug-likeness (QED) is 0.406. The van der Waals surface area contributed by atoms with Crippen LogP contribution in [0, 0.1) is 0 Å². The van der Waals surface area contributed by atoms with E-state index in [1.54, 1.807) is 48.5 Å². The lowest BCUT2D eigenvalue weighted by Gasteiger charge is -2.25. The molecule has 7 nitrogen and oxygen atoms in total. The second kappa shape index (κ2) is 7.62. The third-order valence-corrected chi connectivity index (χ3v) is 5.62. The normalized spacial score (nSPS) is 16.2. The number of anilines is 1. The number of rotatable bonds is 5. The molecule has 1 aliphatic heterocycles. The van der Waals surface area contributed by atoms with Gasteiger partial charge in [0.15, 0.2) is 11.5 Å². The zero-order valence-corrected chi connectivity index (χ0v) is 17.5. The summed E-state index contributed by atoms with van der Waals surface area (Å²) in [5, 5.41) is 11.8. The number of nitrogens with zero attached hydrogens (tertiary/aromatic N) is 1. The van der Waals surface area contributed by atoms with E-state index < -0.39 is 23.5 Å². The number of para-hydroxylation sites is 1. The van der Waals surface area contributed by atoms with Crippen molar-refractivity contribution in [2.75, 3.05) is 12.0 Å². The number of carbonyl (C=O) groups excluding carboxylic acids is 2. The molecule has 0 fully saturated rings. The van der Waals surface area contributed by atoms with Crippen LogP contribution in [-0.2, 0) is 4.79 Å². The Morgan fingerprint density at radius 1 is 1.12 bits per heavy atom. The first-order valence-corrected chi connectivity index (χ1v) is 10.0. The van der Waals surface area contributed by atoms with Crippen LogP contribution in [0.1, 0.15) is 22.4 Å². The molecule has 32 heavy (non-hydrogen) atoms. The Balaban J connectivity index is 1.63. The lowest BCUT2D eigenvalue weighted by atomic mass is 9.99. The molecular weight excluding hydrogens is 434 g/mol. The molecule has 0 spiro atoms. The van der Waals surface area contributed by atoms with Crippen molar-refractivity contribution in [3.63, 3.8) is 0 Å². The minimum absolute atomic E-state index is 0.00622. The monoisotopic (exact) mass is 449 g/mol. The standard InChI is InChI=1S/C24H16ClNO6/c1-30-17-9-8-14(12-15(17)25)26-21(18-7-4-10-31-18)20(23(28)24(26)29)22(27)19-11-13-5-2-3-6-16(13)32-19/h2-12,21,28H,1H3. The topological polar surface area (TPSA) is 93.1 Å². The van der Waals surface area contributed by atoms with Gasteiger partial charge in [-0.1, -0.05) is 29.8 Å². The summed E-state index contributed by atoms with van der Waals surface area (Å²) in [7, 11) is 1.48. The summed E-state index contributed by atoms with van der Waals surface area (Å²) in [4.78, 5) is 27.8. The largest absolute Gasteiger partial charge is 0.503 e. The van der Waals surface area contributed by atoms with E-state index in [0.717, 1.165) is 5.39 Å². The molecule has 2 aromatic carbocycles. The van der Waals surface area contributed by atoms with Crippen molar-refractivity contribution in [1.29, 1.82) is 0 Å². The number of aliphatic hydroxyl groups is 1. The lowest BCUT2D eigenvalue weighted by Crippen LogP contribution is -2.30. The van der Waals surface area contributed by atoms with Crippen LogP contribution in [0.15, 0.2) is 87.1 Å². The number of ether oxygens (including phenoxy) is 1. The molecule has 1 aliphatic rings. The summed E-state index contributed by atoms with van der Waals surface area (Å²) < 4.78 is 16.4. The second-order valence-electron chi connectivity index (χ2n) is 7.15. The highest BCUT2D eigenvalue weighted by molar-refractivity contribution is 6.32. The van der Waals surface area contributed by atoms with Gasteiger partial charge in [-0.25, -0.2) is 0 Å². The average Bonchev–Trinajstić information content (AvgIpc) is 3.52. The fraction of sp³-hybridized carbons (Fsp3) is 0.0833. The van der Waals surface area contributed by atoms with Crippen molar-refractivity contribution in [1.82, 2.24) is 0 Å². The van der Waals surface area contributed by atoms with Crippen LogP contribution >= 0.6 is 11.6 Å². The maximum Gasteiger partial charge on any atom is 0.294 e. The molecule has 2 aromatic heterocycles. The minimum Gasteiger partial charge on any atom is -0.503 e. The van der Waals surface area contributed by atoms with Crippen LogP contribution in [0.4, 0.5) is 5.69 Å². The summed E-state index contributed by atoms with van der Waals surface area (Å²) in [5.41, 5.74) is 0.741. The first-order valence-electron chi connectivity index (χ1n) is 9.66. The van der Waals surface area contributed by atoms with Gasteiger partial charge in [0, 0.05) is 11.1 Å². The van der Waals surface area contributed by atoms with Crippen molar-refractivity contribution in [2.45, 2.75) is 6.04 Å². The smallest absolute Gasteiger partial charge is 0.294 e. The number of halogens is 1. The Labute approximate surface area is 187 Å². The average molecular weight is 450 g/mol. The summed E-state index contributed by atoms with van der Waals surface area (Å²) in [6.45, 7) is 0. The first-order chi connectivity index (χ1) is 15.5. The number of Topliss-reactive ketones (excluding diaryl/α,β-unsaturated/α-hetero) is 1. The third-order valence-electron chi connectivity index (χ3n) is 5.33. The molecular formula is C24H16ClNO6. The van der Waals surface area contributed by atoms with Gasteiger partial charge >= 0.3 is 0 Å².